The molecule has 1 aliphatic rings. The fraction of sp³-hybridized carbons (Fsp3) is 0.500. The molecule has 0 aromatic carbocycles. The maximum absolute atomic E-state index is 8.92. The molecule has 0 bridgehead atoms. The molecule has 0 spiro atoms. The SMILES string of the molecule is CCN(c1nnccc1C#N)C1CC1. The monoisotopic (exact) mass is 188 g/mol. The van der Waals surface area contributed by atoms with Crippen LogP contribution in [0.5, 0.6) is 0 Å². The molecule has 4 nitrogen and oxygen atoms in total. The summed E-state index contributed by atoms with van der Waals surface area (Å²) in [5.74, 6) is 0.736. The first-order valence-corrected chi connectivity index (χ1v) is 4.85. The highest BCUT2D eigenvalue weighted by molar-refractivity contribution is 5.53. The van der Waals surface area contributed by atoms with Crippen LogP contribution in [0, 0.1) is 11.3 Å². The summed E-state index contributed by atoms with van der Waals surface area (Å²) < 4.78 is 0. The standard InChI is InChI=1S/C10H12N4/c1-2-14(9-3-4-9)10-8(7-11)5-6-12-13-10/h5-6,9H,2-4H2,1H3. The topological polar surface area (TPSA) is 52.8 Å². The van der Waals surface area contributed by atoms with Crippen LogP contribution in [0.1, 0.15) is 25.3 Å². The van der Waals surface area contributed by atoms with Crippen molar-refractivity contribution in [1.29, 1.82) is 5.26 Å². The Morgan fingerprint density at radius 3 is 3.00 bits per heavy atom. The molecular formula is C10H12N4. The van der Waals surface area contributed by atoms with Gasteiger partial charge in [0, 0.05) is 12.6 Å². The Labute approximate surface area is 83.2 Å². The highest BCUT2D eigenvalue weighted by Gasteiger charge is 2.30. The molecule has 0 N–H and O–H groups in total. The van der Waals surface area contributed by atoms with Gasteiger partial charge in [-0.25, -0.2) is 0 Å². The lowest BCUT2D eigenvalue weighted by molar-refractivity contribution is 0.789. The number of hydrogen-bond acceptors (Lipinski definition) is 4. The summed E-state index contributed by atoms with van der Waals surface area (Å²) in [5.41, 5.74) is 0.619. The molecule has 0 aliphatic heterocycles. The van der Waals surface area contributed by atoms with E-state index in [4.69, 9.17) is 5.26 Å². The number of nitriles is 1. The first-order valence-electron chi connectivity index (χ1n) is 4.85. The van der Waals surface area contributed by atoms with E-state index in [0.29, 0.717) is 11.6 Å². The van der Waals surface area contributed by atoms with Gasteiger partial charge in [-0.15, -0.1) is 5.10 Å². The minimum atomic E-state index is 0.573. The van der Waals surface area contributed by atoms with E-state index >= 15 is 0 Å². The largest absolute Gasteiger partial charge is 0.351 e. The zero-order valence-electron chi connectivity index (χ0n) is 8.14. The van der Waals surface area contributed by atoms with Gasteiger partial charge in [0.15, 0.2) is 5.82 Å². The van der Waals surface area contributed by atoms with Crippen molar-refractivity contribution < 1.29 is 0 Å². The van der Waals surface area contributed by atoms with Crippen LogP contribution in [-0.2, 0) is 0 Å². The smallest absolute Gasteiger partial charge is 0.169 e. The van der Waals surface area contributed by atoms with Gasteiger partial charge < -0.3 is 4.90 Å². The molecule has 0 atom stereocenters. The predicted molar refractivity (Wildman–Crippen MR) is 52.8 cm³/mol. The molecule has 0 unspecified atom stereocenters. The highest BCUT2D eigenvalue weighted by atomic mass is 15.3. The van der Waals surface area contributed by atoms with Gasteiger partial charge in [-0.2, -0.15) is 10.4 Å². The number of aromatic nitrogens is 2. The Balaban J connectivity index is 2.33. The summed E-state index contributed by atoms with van der Waals surface area (Å²) in [4.78, 5) is 2.16. The highest BCUT2D eigenvalue weighted by Crippen LogP contribution is 2.31. The molecule has 1 aromatic rings. The summed E-state index contributed by atoms with van der Waals surface area (Å²) in [6.45, 7) is 2.96. The van der Waals surface area contributed by atoms with Crippen molar-refractivity contribution in [2.24, 2.45) is 0 Å². The second-order valence-electron chi connectivity index (χ2n) is 3.40. The minimum absolute atomic E-state index is 0.573. The van der Waals surface area contributed by atoms with Gasteiger partial charge in [-0.1, -0.05) is 0 Å². The number of anilines is 1. The lowest BCUT2D eigenvalue weighted by Gasteiger charge is -2.21. The van der Waals surface area contributed by atoms with Crippen LogP contribution in [0.4, 0.5) is 5.82 Å². The summed E-state index contributed by atoms with van der Waals surface area (Å²) >= 11 is 0. The molecule has 72 valence electrons. The first kappa shape index (κ1) is 8.95. The van der Waals surface area contributed by atoms with Crippen molar-refractivity contribution >= 4 is 5.82 Å². The van der Waals surface area contributed by atoms with E-state index in [9.17, 15) is 0 Å². The van der Waals surface area contributed by atoms with Gasteiger partial charge in [-0.3, -0.25) is 0 Å². The second-order valence-corrected chi connectivity index (χ2v) is 3.40. The molecule has 1 aliphatic carbocycles. The molecular weight excluding hydrogens is 176 g/mol. The summed E-state index contributed by atoms with van der Waals surface area (Å²) in [7, 11) is 0. The predicted octanol–water partition coefficient (Wildman–Crippen LogP) is 1.34. The van der Waals surface area contributed by atoms with Crippen LogP contribution >= 0.6 is 0 Å². The molecule has 14 heavy (non-hydrogen) atoms. The van der Waals surface area contributed by atoms with E-state index < -0.39 is 0 Å². The van der Waals surface area contributed by atoms with Crippen molar-refractivity contribution in [2.75, 3.05) is 11.4 Å². The van der Waals surface area contributed by atoms with Crippen molar-refractivity contribution in [3.63, 3.8) is 0 Å². The van der Waals surface area contributed by atoms with Gasteiger partial charge >= 0.3 is 0 Å². The lowest BCUT2D eigenvalue weighted by Crippen LogP contribution is -2.27. The Kier molecular flexibility index (Phi) is 2.32. The van der Waals surface area contributed by atoms with E-state index in [2.05, 4.69) is 28.1 Å². The Hall–Kier alpha value is -1.63. The van der Waals surface area contributed by atoms with Gasteiger partial charge in [0.25, 0.3) is 0 Å². The normalized spacial score (nSPS) is 14.9. The van der Waals surface area contributed by atoms with Gasteiger partial charge in [-0.05, 0) is 25.8 Å². The second kappa shape index (κ2) is 3.62. The van der Waals surface area contributed by atoms with E-state index in [1.54, 1.807) is 12.3 Å². The maximum atomic E-state index is 8.92. The van der Waals surface area contributed by atoms with Gasteiger partial charge in [0.1, 0.15) is 6.07 Å². The summed E-state index contributed by atoms with van der Waals surface area (Å²) in [6.07, 6.45) is 3.97. The molecule has 4 heteroatoms. The van der Waals surface area contributed by atoms with E-state index in [1.807, 2.05) is 0 Å². The molecule has 0 saturated heterocycles. The Morgan fingerprint density at radius 2 is 2.43 bits per heavy atom. The van der Waals surface area contributed by atoms with Gasteiger partial charge in [0.2, 0.25) is 0 Å². The summed E-state index contributed by atoms with van der Waals surface area (Å²) in [6, 6.07) is 4.44. The van der Waals surface area contributed by atoms with Crippen molar-refractivity contribution in [2.45, 2.75) is 25.8 Å². The minimum Gasteiger partial charge on any atom is -0.351 e. The maximum Gasteiger partial charge on any atom is 0.169 e. The van der Waals surface area contributed by atoms with Crippen LogP contribution in [0.15, 0.2) is 12.3 Å². The van der Waals surface area contributed by atoms with Crippen LogP contribution in [-0.4, -0.2) is 22.8 Å². The van der Waals surface area contributed by atoms with Crippen molar-refractivity contribution in [3.8, 4) is 6.07 Å². The average molecular weight is 188 g/mol. The zero-order chi connectivity index (χ0) is 9.97. The third kappa shape index (κ3) is 1.53. The Morgan fingerprint density at radius 1 is 1.64 bits per heavy atom. The number of rotatable bonds is 3. The van der Waals surface area contributed by atoms with E-state index in [1.165, 1.54) is 12.8 Å². The molecule has 1 fully saturated rings. The molecule has 1 heterocycles. The van der Waals surface area contributed by atoms with Crippen molar-refractivity contribution in [3.05, 3.63) is 17.8 Å². The third-order valence-corrected chi connectivity index (χ3v) is 2.42. The van der Waals surface area contributed by atoms with Crippen LogP contribution in [0.25, 0.3) is 0 Å². The number of hydrogen-bond donors (Lipinski definition) is 0. The van der Waals surface area contributed by atoms with E-state index in [0.717, 1.165) is 12.4 Å². The van der Waals surface area contributed by atoms with E-state index in [-0.39, 0.29) is 0 Å². The fourth-order valence-corrected chi connectivity index (χ4v) is 1.59. The third-order valence-electron chi connectivity index (χ3n) is 2.42. The molecule has 1 aromatic heterocycles. The van der Waals surface area contributed by atoms with Crippen LogP contribution in [0.2, 0.25) is 0 Å². The molecule has 0 radical (unpaired) electrons. The lowest BCUT2D eigenvalue weighted by atomic mass is 10.3. The summed E-state index contributed by atoms with van der Waals surface area (Å²) in [5, 5.41) is 16.8. The van der Waals surface area contributed by atoms with Crippen LogP contribution in [0.3, 0.4) is 0 Å². The Bertz CT molecular complexity index is 365. The molecule has 2 rings (SSSR count). The first-order chi connectivity index (χ1) is 6.86. The number of nitrogens with zero attached hydrogens (tertiary/aromatic N) is 4. The van der Waals surface area contributed by atoms with Crippen LogP contribution < -0.4 is 4.90 Å². The average Bonchev–Trinajstić information content (AvgIpc) is 3.04. The van der Waals surface area contributed by atoms with Gasteiger partial charge in [0.05, 0.1) is 11.8 Å². The molecule has 1 saturated carbocycles. The quantitative estimate of drug-likeness (QED) is 0.718. The zero-order valence-corrected chi connectivity index (χ0v) is 8.14. The van der Waals surface area contributed by atoms with Crippen molar-refractivity contribution in [1.82, 2.24) is 10.2 Å². The fourth-order valence-electron chi connectivity index (χ4n) is 1.59. The molecule has 0 amide bonds.